The van der Waals surface area contributed by atoms with Crippen molar-refractivity contribution in [2.75, 3.05) is 43.1 Å². The summed E-state index contributed by atoms with van der Waals surface area (Å²) < 4.78 is 53.1. The van der Waals surface area contributed by atoms with Gasteiger partial charge in [0.1, 0.15) is 22.6 Å². The quantitative estimate of drug-likeness (QED) is 0.454. The first-order valence-electron chi connectivity index (χ1n) is 13.4. The van der Waals surface area contributed by atoms with Gasteiger partial charge in [-0.1, -0.05) is 0 Å². The highest BCUT2D eigenvalue weighted by Crippen LogP contribution is 2.39. The molecule has 10 nitrogen and oxygen atoms in total. The standard InChI is InChI=1S/C27H34F3N7O3/c1-16-15-39-11-10-37(16)21-8-7-18-19(12-31-23(18)34-21)22-20(27(28,29)30)13-32-24(35-22)33-17-6-5-9-36(14-17)25(38)40-26(2,3)4/h7-8,12-13,16-17H,5-6,9-11,14-15H2,1-4H3,(H,31,34)(H,32,33,35)/t16-,17+/m0/s1. The second-order valence-electron chi connectivity index (χ2n) is 11.2. The Hall–Kier alpha value is -3.61. The minimum Gasteiger partial charge on any atom is -0.444 e. The van der Waals surface area contributed by atoms with Crippen LogP contribution < -0.4 is 10.2 Å². The van der Waals surface area contributed by atoms with Crippen molar-refractivity contribution in [2.24, 2.45) is 0 Å². The van der Waals surface area contributed by atoms with Gasteiger partial charge in [0.05, 0.1) is 24.9 Å². The molecule has 0 aliphatic carbocycles. The number of nitrogens with zero attached hydrogens (tertiary/aromatic N) is 5. The number of carbonyl (C=O) groups excluding carboxylic acids is 1. The van der Waals surface area contributed by atoms with E-state index in [1.807, 2.05) is 13.0 Å². The van der Waals surface area contributed by atoms with Gasteiger partial charge in [-0.25, -0.2) is 19.7 Å². The zero-order chi connectivity index (χ0) is 28.7. The van der Waals surface area contributed by atoms with Gasteiger partial charge in [0, 0.05) is 49.0 Å². The summed E-state index contributed by atoms with van der Waals surface area (Å²) in [6.07, 6.45) is -1.37. The number of pyridine rings is 1. The zero-order valence-electron chi connectivity index (χ0n) is 23.0. The number of carbonyl (C=O) groups is 1. The van der Waals surface area contributed by atoms with Crippen LogP contribution in [-0.2, 0) is 15.7 Å². The number of H-pyrrole nitrogens is 1. The average molecular weight is 562 g/mol. The maximum atomic E-state index is 14.1. The molecule has 13 heteroatoms. The van der Waals surface area contributed by atoms with E-state index < -0.39 is 23.4 Å². The average Bonchev–Trinajstić information content (AvgIpc) is 3.31. The molecule has 40 heavy (non-hydrogen) atoms. The summed E-state index contributed by atoms with van der Waals surface area (Å²) in [6, 6.07) is 3.46. The first-order valence-corrected chi connectivity index (χ1v) is 13.4. The van der Waals surface area contributed by atoms with Crippen molar-refractivity contribution in [3.05, 3.63) is 30.1 Å². The van der Waals surface area contributed by atoms with Crippen molar-refractivity contribution in [2.45, 2.75) is 64.4 Å². The number of morpholine rings is 1. The number of hydrogen-bond donors (Lipinski definition) is 2. The Morgan fingerprint density at radius 1 is 1.20 bits per heavy atom. The van der Waals surface area contributed by atoms with E-state index in [0.29, 0.717) is 56.7 Å². The molecule has 2 atom stereocenters. The van der Waals surface area contributed by atoms with Crippen molar-refractivity contribution >= 4 is 28.9 Å². The molecule has 2 N–H and O–H groups in total. The Bertz CT molecular complexity index is 1370. The summed E-state index contributed by atoms with van der Waals surface area (Å²) in [5, 5.41) is 3.65. The molecular weight excluding hydrogens is 527 g/mol. The molecule has 0 radical (unpaired) electrons. The maximum absolute atomic E-state index is 14.1. The van der Waals surface area contributed by atoms with E-state index in [1.54, 1.807) is 31.7 Å². The molecule has 2 saturated heterocycles. The van der Waals surface area contributed by atoms with E-state index in [0.717, 1.165) is 12.0 Å². The van der Waals surface area contributed by atoms with Crippen molar-refractivity contribution in [1.29, 1.82) is 0 Å². The lowest BCUT2D eigenvalue weighted by Crippen LogP contribution is -2.47. The van der Waals surface area contributed by atoms with Crippen LogP contribution in [0, 0.1) is 0 Å². The molecule has 5 heterocycles. The number of aromatic nitrogens is 4. The van der Waals surface area contributed by atoms with Gasteiger partial charge >= 0.3 is 12.3 Å². The van der Waals surface area contributed by atoms with Crippen molar-refractivity contribution in [1.82, 2.24) is 24.8 Å². The van der Waals surface area contributed by atoms with Gasteiger partial charge in [0.2, 0.25) is 5.95 Å². The molecule has 2 aliphatic heterocycles. The molecular formula is C27H34F3N7O3. The minimum absolute atomic E-state index is 0.0557. The van der Waals surface area contributed by atoms with Crippen LogP contribution in [0.25, 0.3) is 22.3 Å². The van der Waals surface area contributed by atoms with Gasteiger partial charge in [0.15, 0.2) is 0 Å². The molecule has 3 aromatic heterocycles. The SMILES string of the molecule is C[C@H]1COCCN1c1ccc2c(-c3nc(N[C@@H]4CCCN(C(=O)OC(C)(C)C)C4)ncc3C(F)(F)F)c[nH]c2n1. The van der Waals surface area contributed by atoms with E-state index in [1.165, 1.54) is 6.20 Å². The smallest absolute Gasteiger partial charge is 0.419 e. The van der Waals surface area contributed by atoms with E-state index in [2.05, 4.69) is 30.2 Å². The maximum Gasteiger partial charge on any atom is 0.419 e. The summed E-state index contributed by atoms with van der Waals surface area (Å²) in [5.41, 5.74) is -1.07. The predicted octanol–water partition coefficient (Wildman–Crippen LogP) is 5.08. The van der Waals surface area contributed by atoms with Crippen LogP contribution in [0.5, 0.6) is 0 Å². The zero-order valence-corrected chi connectivity index (χ0v) is 23.0. The second kappa shape index (κ2) is 10.8. The molecule has 2 fully saturated rings. The summed E-state index contributed by atoms with van der Waals surface area (Å²) in [7, 11) is 0. The number of piperidine rings is 1. The van der Waals surface area contributed by atoms with E-state index in [4.69, 9.17) is 9.47 Å². The van der Waals surface area contributed by atoms with Gasteiger partial charge in [-0.2, -0.15) is 13.2 Å². The van der Waals surface area contributed by atoms with Gasteiger partial charge in [-0.05, 0) is 52.7 Å². The molecule has 0 saturated carbocycles. The van der Waals surface area contributed by atoms with Crippen molar-refractivity contribution < 1.29 is 27.4 Å². The number of aromatic amines is 1. The van der Waals surface area contributed by atoms with Crippen LogP contribution in [0.2, 0.25) is 0 Å². The fourth-order valence-electron chi connectivity index (χ4n) is 5.05. The Kier molecular flexibility index (Phi) is 7.51. The number of alkyl halides is 3. The molecule has 2 aliphatic rings. The number of ether oxygens (including phenoxy) is 2. The number of amides is 1. The highest BCUT2D eigenvalue weighted by molar-refractivity contribution is 5.94. The number of hydrogen-bond acceptors (Lipinski definition) is 8. The Labute approximate surface area is 230 Å². The fraction of sp³-hybridized carbons (Fsp3) is 0.556. The predicted molar refractivity (Wildman–Crippen MR) is 144 cm³/mol. The van der Waals surface area contributed by atoms with Crippen LogP contribution in [0.1, 0.15) is 46.1 Å². The van der Waals surface area contributed by atoms with Crippen LogP contribution in [0.4, 0.5) is 29.7 Å². The second-order valence-corrected chi connectivity index (χ2v) is 11.2. The first kappa shape index (κ1) is 27.9. The van der Waals surface area contributed by atoms with E-state index in [-0.39, 0.29) is 29.3 Å². The Balaban J connectivity index is 1.42. The number of rotatable bonds is 4. The number of fused-ring (bicyclic) bond motifs is 1. The normalized spacial score (nSPS) is 20.6. The number of anilines is 2. The first-order chi connectivity index (χ1) is 18.9. The summed E-state index contributed by atoms with van der Waals surface area (Å²) >= 11 is 0. The third-order valence-corrected chi connectivity index (χ3v) is 6.94. The lowest BCUT2D eigenvalue weighted by Gasteiger charge is -2.34. The van der Waals surface area contributed by atoms with Crippen LogP contribution in [-0.4, -0.2) is 81.5 Å². The van der Waals surface area contributed by atoms with Gasteiger partial charge in [-0.15, -0.1) is 0 Å². The fourth-order valence-corrected chi connectivity index (χ4v) is 5.05. The van der Waals surface area contributed by atoms with Crippen molar-refractivity contribution in [3.8, 4) is 11.3 Å². The summed E-state index contributed by atoms with van der Waals surface area (Å²) in [6.45, 7) is 10.1. The third-order valence-electron chi connectivity index (χ3n) is 6.94. The third kappa shape index (κ3) is 6.08. The molecule has 3 aromatic rings. The van der Waals surface area contributed by atoms with E-state index in [9.17, 15) is 18.0 Å². The van der Waals surface area contributed by atoms with Crippen molar-refractivity contribution in [3.63, 3.8) is 0 Å². The van der Waals surface area contributed by atoms with Crippen LogP contribution in [0.15, 0.2) is 24.5 Å². The van der Waals surface area contributed by atoms with Gasteiger partial charge in [0.25, 0.3) is 0 Å². The molecule has 0 spiro atoms. The molecule has 0 aromatic carbocycles. The molecule has 1 amide bonds. The van der Waals surface area contributed by atoms with Gasteiger partial charge < -0.3 is 29.6 Å². The Morgan fingerprint density at radius 2 is 2.00 bits per heavy atom. The topological polar surface area (TPSA) is 109 Å². The van der Waals surface area contributed by atoms with Crippen LogP contribution in [0.3, 0.4) is 0 Å². The summed E-state index contributed by atoms with van der Waals surface area (Å²) in [4.78, 5) is 32.3. The largest absolute Gasteiger partial charge is 0.444 e. The monoisotopic (exact) mass is 561 g/mol. The van der Waals surface area contributed by atoms with Crippen LogP contribution >= 0.6 is 0 Å². The highest BCUT2D eigenvalue weighted by Gasteiger charge is 2.37. The lowest BCUT2D eigenvalue weighted by atomic mass is 10.1. The lowest BCUT2D eigenvalue weighted by molar-refractivity contribution is -0.137. The Morgan fingerprint density at radius 3 is 2.73 bits per heavy atom. The number of likely N-dealkylation sites (tertiary alicyclic amines) is 1. The number of nitrogens with one attached hydrogen (secondary N) is 2. The van der Waals surface area contributed by atoms with Gasteiger partial charge in [-0.3, -0.25) is 0 Å². The molecule has 5 rings (SSSR count). The highest BCUT2D eigenvalue weighted by atomic mass is 19.4. The van der Waals surface area contributed by atoms with E-state index >= 15 is 0 Å². The molecule has 0 bridgehead atoms. The molecule has 0 unspecified atom stereocenters. The minimum atomic E-state index is -4.66. The number of halogens is 3. The summed E-state index contributed by atoms with van der Waals surface area (Å²) in [5.74, 6) is 0.782. The molecule has 216 valence electrons.